The normalized spacial score (nSPS) is 20.3. The Kier molecular flexibility index (Phi) is 10.9. The zero-order valence-corrected chi connectivity index (χ0v) is 20.0. The molecule has 2 heterocycles. The molecule has 164 valence electrons. The molecule has 2 fully saturated rings. The van der Waals surface area contributed by atoms with Crippen molar-refractivity contribution in [3.8, 4) is 11.5 Å². The lowest BCUT2D eigenvalue weighted by atomic mass is 10.2. The fourth-order valence-corrected chi connectivity index (χ4v) is 3.71. The summed E-state index contributed by atoms with van der Waals surface area (Å²) >= 11 is 0. The van der Waals surface area contributed by atoms with Crippen LogP contribution in [0.15, 0.2) is 29.3 Å². The summed E-state index contributed by atoms with van der Waals surface area (Å²) in [5, 5.41) is 3.45. The molecule has 0 spiro atoms. The van der Waals surface area contributed by atoms with E-state index in [1.807, 2.05) is 24.3 Å². The fourth-order valence-electron chi connectivity index (χ4n) is 3.71. The molecular weight excluding hydrogens is 483 g/mol. The number of morpholine rings is 1. The number of nitrogens with zero attached hydrogens (tertiary/aromatic N) is 3. The highest BCUT2D eigenvalue weighted by atomic mass is 127. The summed E-state index contributed by atoms with van der Waals surface area (Å²) in [6, 6.07) is 8.31. The molecule has 1 unspecified atom stereocenters. The highest BCUT2D eigenvalue weighted by Crippen LogP contribution is 2.18. The van der Waals surface area contributed by atoms with Gasteiger partial charge in [-0.1, -0.05) is 0 Å². The van der Waals surface area contributed by atoms with Gasteiger partial charge >= 0.3 is 0 Å². The van der Waals surface area contributed by atoms with Crippen molar-refractivity contribution in [2.75, 3.05) is 66.2 Å². The molecule has 1 N–H and O–H groups in total. The van der Waals surface area contributed by atoms with Gasteiger partial charge in [0.25, 0.3) is 0 Å². The quantitative estimate of drug-likeness (QED) is 0.247. The van der Waals surface area contributed by atoms with Gasteiger partial charge in [-0.05, 0) is 37.6 Å². The molecule has 0 saturated carbocycles. The van der Waals surface area contributed by atoms with E-state index in [4.69, 9.17) is 19.2 Å². The minimum atomic E-state index is 0. The summed E-state index contributed by atoms with van der Waals surface area (Å²) < 4.78 is 16.4. The van der Waals surface area contributed by atoms with Gasteiger partial charge in [0, 0.05) is 51.7 Å². The second kappa shape index (κ2) is 13.1. The van der Waals surface area contributed by atoms with Crippen molar-refractivity contribution in [3.63, 3.8) is 0 Å². The maximum atomic E-state index is 5.79. The van der Waals surface area contributed by atoms with Crippen molar-refractivity contribution in [1.82, 2.24) is 15.1 Å². The largest absolute Gasteiger partial charge is 0.497 e. The lowest BCUT2D eigenvalue weighted by Gasteiger charge is -2.32. The van der Waals surface area contributed by atoms with Gasteiger partial charge in [0.05, 0.1) is 26.9 Å². The number of nitrogens with one attached hydrogen (secondary N) is 1. The Morgan fingerprint density at radius 3 is 2.59 bits per heavy atom. The van der Waals surface area contributed by atoms with E-state index in [1.165, 1.54) is 6.42 Å². The molecule has 1 aromatic carbocycles. The predicted molar refractivity (Wildman–Crippen MR) is 127 cm³/mol. The third kappa shape index (κ3) is 7.49. The van der Waals surface area contributed by atoms with Crippen LogP contribution in [0.4, 0.5) is 0 Å². The third-order valence-corrected chi connectivity index (χ3v) is 5.25. The van der Waals surface area contributed by atoms with E-state index >= 15 is 0 Å². The third-order valence-electron chi connectivity index (χ3n) is 5.25. The average molecular weight is 518 g/mol. The number of benzene rings is 1. The topological polar surface area (TPSA) is 58.6 Å². The zero-order chi connectivity index (χ0) is 19.6. The van der Waals surface area contributed by atoms with Crippen LogP contribution in [0.25, 0.3) is 0 Å². The SMILES string of the molecule is CCNC(=NCCCOc1ccc(OC)cc1)N1CCC(N2CCOCC2)C1.I. The molecule has 0 radical (unpaired) electrons. The standard InChI is InChI=1S/C21H34N4O3.HI/c1-3-22-21(25-11-9-18(17-25)24-12-15-27-16-13-24)23-10-4-14-28-20-7-5-19(26-2)6-8-20;/h5-8,18H,3-4,9-17H2,1-2H3,(H,22,23);1H. The van der Waals surface area contributed by atoms with Crippen molar-refractivity contribution >= 4 is 29.9 Å². The molecular formula is C21H35IN4O3. The summed E-state index contributed by atoms with van der Waals surface area (Å²) in [6.07, 6.45) is 2.09. The van der Waals surface area contributed by atoms with Crippen LogP contribution in [-0.2, 0) is 4.74 Å². The summed E-state index contributed by atoms with van der Waals surface area (Å²) in [4.78, 5) is 9.78. The Labute approximate surface area is 191 Å². The number of ether oxygens (including phenoxy) is 3. The van der Waals surface area contributed by atoms with Gasteiger partial charge in [-0.3, -0.25) is 9.89 Å². The van der Waals surface area contributed by atoms with Crippen molar-refractivity contribution in [2.24, 2.45) is 4.99 Å². The molecule has 1 atom stereocenters. The van der Waals surface area contributed by atoms with Crippen LogP contribution in [0.2, 0.25) is 0 Å². The first-order chi connectivity index (χ1) is 13.8. The Balaban J connectivity index is 0.00000300. The molecule has 7 nitrogen and oxygen atoms in total. The number of guanidine groups is 1. The summed E-state index contributed by atoms with van der Waals surface area (Å²) in [5.74, 6) is 2.74. The maximum absolute atomic E-state index is 5.79. The predicted octanol–water partition coefficient (Wildman–Crippen LogP) is 2.45. The number of halogens is 1. The number of hydrogen-bond donors (Lipinski definition) is 1. The van der Waals surface area contributed by atoms with E-state index < -0.39 is 0 Å². The first-order valence-corrected chi connectivity index (χ1v) is 10.4. The van der Waals surface area contributed by atoms with E-state index in [0.717, 1.165) is 76.4 Å². The van der Waals surface area contributed by atoms with Crippen molar-refractivity contribution < 1.29 is 14.2 Å². The molecule has 2 saturated heterocycles. The van der Waals surface area contributed by atoms with Gasteiger partial charge in [0.2, 0.25) is 0 Å². The van der Waals surface area contributed by atoms with Crippen LogP contribution >= 0.6 is 24.0 Å². The number of rotatable bonds is 8. The van der Waals surface area contributed by atoms with Gasteiger partial charge < -0.3 is 24.4 Å². The minimum Gasteiger partial charge on any atom is -0.497 e. The van der Waals surface area contributed by atoms with Gasteiger partial charge in [-0.2, -0.15) is 0 Å². The van der Waals surface area contributed by atoms with Crippen LogP contribution < -0.4 is 14.8 Å². The van der Waals surface area contributed by atoms with E-state index in [2.05, 4.69) is 22.0 Å². The lowest BCUT2D eigenvalue weighted by molar-refractivity contribution is 0.0195. The van der Waals surface area contributed by atoms with Crippen molar-refractivity contribution in [3.05, 3.63) is 24.3 Å². The molecule has 8 heteroatoms. The number of likely N-dealkylation sites (tertiary alicyclic amines) is 1. The fraction of sp³-hybridized carbons (Fsp3) is 0.667. The molecule has 29 heavy (non-hydrogen) atoms. The van der Waals surface area contributed by atoms with Crippen molar-refractivity contribution in [2.45, 2.75) is 25.8 Å². The lowest BCUT2D eigenvalue weighted by Crippen LogP contribution is -2.46. The second-order valence-electron chi connectivity index (χ2n) is 7.15. The minimum absolute atomic E-state index is 0. The molecule has 3 rings (SSSR count). The first kappa shape index (κ1) is 24.0. The van der Waals surface area contributed by atoms with Crippen molar-refractivity contribution in [1.29, 1.82) is 0 Å². The summed E-state index contributed by atoms with van der Waals surface area (Å²) in [5.41, 5.74) is 0. The van der Waals surface area contributed by atoms with Gasteiger partial charge in [-0.15, -0.1) is 24.0 Å². The Hall–Kier alpha value is -1.26. The van der Waals surface area contributed by atoms with Gasteiger partial charge in [0.1, 0.15) is 11.5 Å². The molecule has 2 aliphatic rings. The average Bonchev–Trinajstić information content (AvgIpc) is 3.24. The summed E-state index contributed by atoms with van der Waals surface area (Å²) in [6.45, 7) is 10.4. The highest BCUT2D eigenvalue weighted by molar-refractivity contribution is 14.0. The van der Waals surface area contributed by atoms with Crippen LogP contribution in [0.5, 0.6) is 11.5 Å². The Bertz CT molecular complexity index is 608. The van der Waals surface area contributed by atoms with Crippen LogP contribution in [0, 0.1) is 0 Å². The zero-order valence-electron chi connectivity index (χ0n) is 17.6. The molecule has 0 amide bonds. The highest BCUT2D eigenvalue weighted by Gasteiger charge is 2.30. The van der Waals surface area contributed by atoms with Gasteiger partial charge in [0.15, 0.2) is 5.96 Å². The monoisotopic (exact) mass is 518 g/mol. The summed E-state index contributed by atoms with van der Waals surface area (Å²) in [7, 11) is 1.67. The molecule has 0 bridgehead atoms. The van der Waals surface area contributed by atoms with Crippen LogP contribution in [0.1, 0.15) is 19.8 Å². The smallest absolute Gasteiger partial charge is 0.193 e. The van der Waals surface area contributed by atoms with Gasteiger partial charge in [-0.25, -0.2) is 0 Å². The Morgan fingerprint density at radius 1 is 1.17 bits per heavy atom. The second-order valence-corrected chi connectivity index (χ2v) is 7.15. The number of hydrogen-bond acceptors (Lipinski definition) is 5. The molecule has 1 aromatic rings. The van der Waals surface area contributed by atoms with Crippen LogP contribution in [0.3, 0.4) is 0 Å². The number of aliphatic imine (C=N–C) groups is 1. The van der Waals surface area contributed by atoms with E-state index in [0.29, 0.717) is 12.6 Å². The number of methoxy groups -OCH3 is 1. The molecule has 0 aromatic heterocycles. The van der Waals surface area contributed by atoms with Crippen LogP contribution in [-0.4, -0.2) is 88.0 Å². The van der Waals surface area contributed by atoms with E-state index in [1.54, 1.807) is 7.11 Å². The maximum Gasteiger partial charge on any atom is 0.193 e. The van der Waals surface area contributed by atoms with E-state index in [-0.39, 0.29) is 24.0 Å². The Morgan fingerprint density at radius 2 is 1.90 bits per heavy atom. The first-order valence-electron chi connectivity index (χ1n) is 10.4. The molecule has 0 aliphatic carbocycles. The van der Waals surface area contributed by atoms with E-state index in [9.17, 15) is 0 Å². The molecule has 2 aliphatic heterocycles.